The topological polar surface area (TPSA) is 83.2 Å². The highest BCUT2D eigenvalue weighted by Gasteiger charge is 2.52. The van der Waals surface area contributed by atoms with Crippen LogP contribution >= 0.6 is 0 Å². The zero-order chi connectivity index (χ0) is 25.0. The fraction of sp³-hybridized carbons (Fsp3) is 0.500. The van der Waals surface area contributed by atoms with Crippen molar-refractivity contribution in [3.8, 4) is 5.75 Å². The molecule has 2 aromatic carbocycles. The lowest BCUT2D eigenvalue weighted by Crippen LogP contribution is -2.62. The molecule has 1 saturated heterocycles. The highest BCUT2D eigenvalue weighted by Crippen LogP contribution is 2.39. The van der Waals surface area contributed by atoms with E-state index in [0.717, 1.165) is 56.9 Å². The average Bonchev–Trinajstić information content (AvgIpc) is 3.15. The lowest BCUT2D eigenvalue weighted by atomic mass is 9.83. The van der Waals surface area contributed by atoms with E-state index in [1.165, 1.54) is 37.0 Å². The highest BCUT2D eigenvalue weighted by atomic mass is 19.1. The maximum absolute atomic E-state index is 14.2. The van der Waals surface area contributed by atoms with E-state index in [9.17, 15) is 9.18 Å². The molecule has 3 N–H and O–H groups in total. The Hall–Kier alpha value is -2.97. The van der Waals surface area contributed by atoms with Gasteiger partial charge in [-0.15, -0.1) is 0 Å². The van der Waals surface area contributed by atoms with Gasteiger partial charge in [-0.2, -0.15) is 4.99 Å². The predicted octanol–water partition coefficient (Wildman–Crippen LogP) is 4.46. The van der Waals surface area contributed by atoms with Crippen molar-refractivity contribution >= 4 is 17.6 Å². The molecule has 0 unspecified atom stereocenters. The molecule has 2 amide bonds. The lowest BCUT2D eigenvalue weighted by Gasteiger charge is -2.45. The molecule has 1 aliphatic carbocycles. The van der Waals surface area contributed by atoms with Crippen molar-refractivity contribution < 1.29 is 13.9 Å². The minimum Gasteiger partial charge on any atom is -0.492 e. The number of amides is 2. The molecule has 5 rings (SSSR count). The summed E-state index contributed by atoms with van der Waals surface area (Å²) in [6.07, 6.45) is 7.31. The van der Waals surface area contributed by atoms with E-state index in [2.05, 4.69) is 27.3 Å². The minimum absolute atomic E-state index is 0.308. The van der Waals surface area contributed by atoms with Crippen molar-refractivity contribution in [2.24, 2.45) is 10.7 Å². The number of ether oxygens (including phenoxy) is 1. The fourth-order valence-corrected chi connectivity index (χ4v) is 5.83. The third-order valence-electron chi connectivity index (χ3n) is 7.65. The molecule has 2 aliphatic heterocycles. The molecule has 0 bridgehead atoms. The summed E-state index contributed by atoms with van der Waals surface area (Å²) in [5.41, 5.74) is 6.74. The number of anilines is 1. The Balaban J connectivity index is 1.34. The van der Waals surface area contributed by atoms with Gasteiger partial charge in [0, 0.05) is 37.9 Å². The summed E-state index contributed by atoms with van der Waals surface area (Å²) in [6.45, 7) is 3.39. The summed E-state index contributed by atoms with van der Waals surface area (Å²) in [6, 6.07) is 14.5. The number of carbonyl (C=O) groups excluding carboxylic acids is 1. The number of aliphatic imine (C=N–C) groups is 1. The molecule has 1 spiro atoms. The zero-order valence-electron chi connectivity index (χ0n) is 20.8. The zero-order valence-corrected chi connectivity index (χ0v) is 20.8. The molecule has 7 nitrogen and oxygen atoms in total. The lowest BCUT2D eigenvalue weighted by molar-refractivity contribution is 0.181. The van der Waals surface area contributed by atoms with E-state index in [1.54, 1.807) is 17.0 Å². The first kappa shape index (κ1) is 24.7. The van der Waals surface area contributed by atoms with Gasteiger partial charge >= 0.3 is 6.03 Å². The van der Waals surface area contributed by atoms with E-state index < -0.39 is 5.54 Å². The second-order valence-electron chi connectivity index (χ2n) is 10.1. The number of nitrogens with zero attached hydrogens (tertiary/aromatic N) is 3. The summed E-state index contributed by atoms with van der Waals surface area (Å²) in [4.78, 5) is 21.9. The molecule has 0 radical (unpaired) electrons. The normalized spacial score (nSPS) is 20.6. The third kappa shape index (κ3) is 5.25. The third-order valence-corrected chi connectivity index (χ3v) is 7.65. The van der Waals surface area contributed by atoms with E-state index in [4.69, 9.17) is 10.5 Å². The van der Waals surface area contributed by atoms with Gasteiger partial charge in [-0.3, -0.25) is 9.80 Å². The van der Waals surface area contributed by atoms with Crippen molar-refractivity contribution in [1.82, 2.24) is 10.2 Å². The van der Waals surface area contributed by atoms with Gasteiger partial charge in [0.25, 0.3) is 0 Å². The van der Waals surface area contributed by atoms with Gasteiger partial charge in [0.15, 0.2) is 0 Å². The van der Waals surface area contributed by atoms with Crippen LogP contribution in [0, 0.1) is 5.82 Å². The van der Waals surface area contributed by atoms with Crippen molar-refractivity contribution in [3.05, 3.63) is 59.9 Å². The number of benzene rings is 2. The maximum atomic E-state index is 14.2. The first-order chi connectivity index (χ1) is 17.6. The number of likely N-dealkylation sites (tertiary alicyclic amines) is 1. The Morgan fingerprint density at radius 1 is 1.08 bits per heavy atom. The first-order valence-corrected chi connectivity index (χ1v) is 13.2. The van der Waals surface area contributed by atoms with Gasteiger partial charge in [-0.25, -0.2) is 9.18 Å². The van der Waals surface area contributed by atoms with Crippen LogP contribution in [0.4, 0.5) is 14.9 Å². The number of piperidine rings is 1. The smallest absolute Gasteiger partial charge is 0.350 e. The monoisotopic (exact) mass is 493 g/mol. The minimum atomic E-state index is -0.578. The number of amidine groups is 1. The van der Waals surface area contributed by atoms with Crippen LogP contribution in [0.3, 0.4) is 0 Å². The SMILES string of the molecule is NCCOc1cccc(CN2CCC3(CC2)C(NC2CCCCC2)=NC(=O)N3c2cccc(F)c2)c1. The number of urea groups is 1. The summed E-state index contributed by atoms with van der Waals surface area (Å²) < 4.78 is 19.9. The quantitative estimate of drug-likeness (QED) is 0.595. The van der Waals surface area contributed by atoms with Crippen LogP contribution in [0.25, 0.3) is 0 Å². The number of rotatable bonds is 7. The Bertz CT molecular complexity index is 1090. The predicted molar refractivity (Wildman–Crippen MR) is 140 cm³/mol. The molecule has 1 saturated carbocycles. The van der Waals surface area contributed by atoms with Crippen LogP contribution in [0.2, 0.25) is 0 Å². The second-order valence-corrected chi connectivity index (χ2v) is 10.1. The molecule has 0 atom stereocenters. The van der Waals surface area contributed by atoms with E-state index in [-0.39, 0.29) is 11.8 Å². The number of hydrogen-bond donors (Lipinski definition) is 2. The number of halogens is 1. The van der Waals surface area contributed by atoms with Gasteiger partial charge in [0.05, 0.1) is 0 Å². The summed E-state index contributed by atoms with van der Waals surface area (Å²) in [7, 11) is 0. The Morgan fingerprint density at radius 2 is 1.86 bits per heavy atom. The number of nitrogens with one attached hydrogen (secondary N) is 1. The molecule has 2 heterocycles. The van der Waals surface area contributed by atoms with Gasteiger partial charge in [-0.1, -0.05) is 37.5 Å². The largest absolute Gasteiger partial charge is 0.492 e. The van der Waals surface area contributed by atoms with E-state index in [0.29, 0.717) is 24.9 Å². The molecular weight excluding hydrogens is 457 g/mol. The summed E-state index contributed by atoms with van der Waals surface area (Å²) in [5.74, 6) is 1.25. The van der Waals surface area contributed by atoms with Crippen molar-refractivity contribution in [1.29, 1.82) is 0 Å². The molecule has 2 aromatic rings. The second kappa shape index (κ2) is 11.0. The Morgan fingerprint density at radius 3 is 2.61 bits per heavy atom. The molecule has 8 heteroatoms. The number of hydrogen-bond acceptors (Lipinski definition) is 5. The van der Waals surface area contributed by atoms with Crippen LogP contribution in [-0.2, 0) is 6.54 Å². The fourth-order valence-electron chi connectivity index (χ4n) is 5.83. The maximum Gasteiger partial charge on any atom is 0.350 e. The first-order valence-electron chi connectivity index (χ1n) is 13.2. The van der Waals surface area contributed by atoms with Crippen LogP contribution < -0.4 is 20.7 Å². The van der Waals surface area contributed by atoms with Crippen molar-refractivity contribution in [3.63, 3.8) is 0 Å². The van der Waals surface area contributed by atoms with Crippen LogP contribution in [0.15, 0.2) is 53.5 Å². The van der Waals surface area contributed by atoms with Gasteiger partial charge in [0.2, 0.25) is 0 Å². The molecule has 192 valence electrons. The molecular formula is C28H36FN5O2. The number of nitrogens with two attached hydrogens (primary N) is 1. The summed E-state index contributed by atoms with van der Waals surface area (Å²) >= 11 is 0. The number of carbonyl (C=O) groups is 1. The van der Waals surface area contributed by atoms with Crippen LogP contribution in [-0.4, -0.2) is 54.6 Å². The molecule has 2 fully saturated rings. The molecule has 0 aromatic heterocycles. The standard InChI is InChI=1S/C28H36FN5O2/c29-22-7-5-10-24(19-22)34-27(35)32-26(31-23-8-2-1-3-9-23)28(34)12-15-33(16-13-28)20-21-6-4-11-25(18-21)36-17-14-30/h4-7,10-11,18-19,23H,1-3,8-9,12-17,20,30H2,(H,31,32,35). The summed E-state index contributed by atoms with van der Waals surface area (Å²) in [5, 5.41) is 3.66. The Kier molecular flexibility index (Phi) is 7.53. The van der Waals surface area contributed by atoms with Crippen LogP contribution in [0.1, 0.15) is 50.5 Å². The van der Waals surface area contributed by atoms with E-state index >= 15 is 0 Å². The van der Waals surface area contributed by atoms with Crippen LogP contribution in [0.5, 0.6) is 5.75 Å². The van der Waals surface area contributed by atoms with Gasteiger partial charge in [0.1, 0.15) is 29.5 Å². The van der Waals surface area contributed by atoms with Crippen molar-refractivity contribution in [2.75, 3.05) is 31.1 Å². The van der Waals surface area contributed by atoms with Crippen molar-refractivity contribution in [2.45, 2.75) is 63.1 Å². The average molecular weight is 494 g/mol. The van der Waals surface area contributed by atoms with Gasteiger partial charge < -0.3 is 15.8 Å². The van der Waals surface area contributed by atoms with E-state index in [1.807, 2.05) is 12.1 Å². The Labute approximate surface area is 212 Å². The highest BCUT2D eigenvalue weighted by molar-refractivity contribution is 6.16. The molecule has 36 heavy (non-hydrogen) atoms. The van der Waals surface area contributed by atoms with Gasteiger partial charge in [-0.05, 0) is 61.6 Å². The molecule has 3 aliphatic rings.